The first kappa shape index (κ1) is 24.5. The van der Waals surface area contributed by atoms with Crippen LogP contribution in [-0.2, 0) is 15.9 Å². The van der Waals surface area contributed by atoms with Crippen LogP contribution >= 0.6 is 0 Å². The quantitative estimate of drug-likeness (QED) is 0.367. The van der Waals surface area contributed by atoms with Crippen LogP contribution in [0.1, 0.15) is 23.7 Å². The smallest absolute Gasteiger partial charge is 0.186 e. The molecule has 2 aromatic rings. The molecular weight excluding hydrogens is 448 g/mol. The normalized spacial score (nSPS) is 28.5. The fraction of sp³-hybridized carbons (Fsp3) is 0.500. The third-order valence-electron chi connectivity index (χ3n) is 5.91. The maximum absolute atomic E-state index is 10.2. The van der Waals surface area contributed by atoms with Gasteiger partial charge in [0.05, 0.1) is 20.3 Å². The fourth-order valence-corrected chi connectivity index (χ4v) is 4.01. The lowest BCUT2D eigenvalue weighted by molar-refractivity contribution is -0.276. The largest absolute Gasteiger partial charge is 0.504 e. The van der Waals surface area contributed by atoms with Gasteiger partial charge in [0.2, 0.25) is 0 Å². The highest BCUT2D eigenvalue weighted by atomic mass is 16.7. The van der Waals surface area contributed by atoms with Crippen LogP contribution in [-0.4, -0.2) is 83.2 Å². The molecule has 6 unspecified atom stereocenters. The molecule has 186 valence electrons. The number of fused-ring (bicyclic) bond motifs is 1. The SMILES string of the molecule is COc1cc(C2Oc3ccc(CCCO)cc3OC2COC2OCC(O)C(O)C2O)ccc1O. The molecule has 0 saturated carbocycles. The van der Waals surface area contributed by atoms with Gasteiger partial charge >= 0.3 is 0 Å². The van der Waals surface area contributed by atoms with Crippen molar-refractivity contribution in [3.05, 3.63) is 47.5 Å². The van der Waals surface area contributed by atoms with Gasteiger partial charge in [-0.25, -0.2) is 0 Å². The summed E-state index contributed by atoms with van der Waals surface area (Å²) in [4.78, 5) is 0. The van der Waals surface area contributed by atoms with Crippen molar-refractivity contribution in [3.63, 3.8) is 0 Å². The highest BCUT2D eigenvalue weighted by molar-refractivity contribution is 5.47. The van der Waals surface area contributed by atoms with Crippen molar-refractivity contribution in [2.24, 2.45) is 0 Å². The van der Waals surface area contributed by atoms with Crippen LogP contribution < -0.4 is 14.2 Å². The van der Waals surface area contributed by atoms with E-state index in [0.717, 1.165) is 5.56 Å². The Hall–Kier alpha value is -2.60. The summed E-state index contributed by atoms with van der Waals surface area (Å²) < 4.78 is 28.8. The second kappa shape index (κ2) is 10.8. The van der Waals surface area contributed by atoms with Gasteiger partial charge in [0, 0.05) is 12.2 Å². The van der Waals surface area contributed by atoms with Crippen LogP contribution in [0.2, 0.25) is 0 Å². The van der Waals surface area contributed by atoms with E-state index in [4.69, 9.17) is 28.8 Å². The zero-order valence-electron chi connectivity index (χ0n) is 18.7. The third-order valence-corrected chi connectivity index (χ3v) is 5.91. The summed E-state index contributed by atoms with van der Waals surface area (Å²) in [7, 11) is 1.45. The Balaban J connectivity index is 1.57. The Morgan fingerprint density at radius 2 is 1.82 bits per heavy atom. The number of phenols is 1. The minimum absolute atomic E-state index is 0.0176. The van der Waals surface area contributed by atoms with Gasteiger partial charge in [-0.15, -0.1) is 0 Å². The molecule has 0 radical (unpaired) electrons. The monoisotopic (exact) mass is 478 g/mol. The molecule has 2 heterocycles. The number of rotatable bonds is 8. The molecule has 0 spiro atoms. The number of hydrogen-bond donors (Lipinski definition) is 5. The maximum Gasteiger partial charge on any atom is 0.186 e. The number of phenolic OH excluding ortho intramolecular Hbond substituents is 1. The minimum atomic E-state index is -1.43. The molecule has 0 amide bonds. The van der Waals surface area contributed by atoms with E-state index in [1.165, 1.54) is 13.2 Å². The lowest BCUT2D eigenvalue weighted by Crippen LogP contribution is -2.54. The lowest BCUT2D eigenvalue weighted by Gasteiger charge is -2.38. The third kappa shape index (κ3) is 5.22. The van der Waals surface area contributed by atoms with Crippen LogP contribution in [0.5, 0.6) is 23.0 Å². The van der Waals surface area contributed by atoms with Crippen LogP contribution in [0, 0.1) is 0 Å². The van der Waals surface area contributed by atoms with Crippen molar-refractivity contribution in [1.29, 1.82) is 0 Å². The summed E-state index contributed by atoms with van der Waals surface area (Å²) in [6.45, 7) is -0.167. The Morgan fingerprint density at radius 1 is 1.00 bits per heavy atom. The summed E-state index contributed by atoms with van der Waals surface area (Å²) in [6, 6.07) is 10.4. The highest BCUT2D eigenvalue weighted by Gasteiger charge is 2.40. The number of aliphatic hydroxyl groups excluding tert-OH is 4. The van der Waals surface area contributed by atoms with Gasteiger partial charge in [0.15, 0.2) is 41.5 Å². The molecule has 6 atom stereocenters. The number of ether oxygens (including phenoxy) is 5. The Labute approximate surface area is 196 Å². The Kier molecular flexibility index (Phi) is 7.77. The van der Waals surface area contributed by atoms with E-state index in [-0.39, 0.29) is 31.3 Å². The molecule has 34 heavy (non-hydrogen) atoms. The molecular formula is C24H30O10. The first-order valence-electron chi connectivity index (χ1n) is 11.1. The number of aromatic hydroxyl groups is 1. The van der Waals surface area contributed by atoms with Gasteiger partial charge in [0.1, 0.15) is 18.3 Å². The number of hydrogen-bond acceptors (Lipinski definition) is 10. The molecule has 0 aromatic heterocycles. The predicted molar refractivity (Wildman–Crippen MR) is 118 cm³/mol. The number of methoxy groups -OCH3 is 1. The second-order valence-corrected chi connectivity index (χ2v) is 8.32. The summed E-state index contributed by atoms with van der Waals surface area (Å²) in [5.41, 5.74) is 1.64. The number of aryl methyl sites for hydroxylation is 1. The first-order chi connectivity index (χ1) is 16.4. The standard InChI is InChI=1S/C24H30O10/c1-30-18-10-14(5-6-15(18)26)23-20(12-32-24-22(29)21(28)16(27)11-31-24)33-19-9-13(3-2-8-25)4-7-17(19)34-23/h4-7,9-10,16,20-29H,2-3,8,11-12H2,1H3. The van der Waals surface area contributed by atoms with Gasteiger partial charge in [-0.2, -0.15) is 0 Å². The second-order valence-electron chi connectivity index (χ2n) is 8.32. The zero-order valence-corrected chi connectivity index (χ0v) is 18.7. The summed E-state index contributed by atoms with van der Waals surface area (Å²) >= 11 is 0. The van der Waals surface area contributed by atoms with Gasteiger partial charge < -0.3 is 49.2 Å². The van der Waals surface area contributed by atoms with Gasteiger partial charge in [-0.1, -0.05) is 12.1 Å². The minimum Gasteiger partial charge on any atom is -0.504 e. The molecule has 4 rings (SSSR count). The van der Waals surface area contributed by atoms with E-state index in [0.29, 0.717) is 29.9 Å². The van der Waals surface area contributed by atoms with E-state index in [9.17, 15) is 20.4 Å². The number of benzene rings is 2. The summed E-state index contributed by atoms with van der Waals surface area (Å²) in [6.07, 6.45) is -5.23. The van der Waals surface area contributed by atoms with Crippen LogP contribution in [0.15, 0.2) is 36.4 Å². The summed E-state index contributed by atoms with van der Waals surface area (Å²) in [5, 5.41) is 48.9. The molecule has 0 aliphatic carbocycles. The van der Waals surface area contributed by atoms with E-state index >= 15 is 0 Å². The van der Waals surface area contributed by atoms with Crippen molar-refractivity contribution in [2.45, 2.75) is 49.7 Å². The van der Waals surface area contributed by atoms with Gasteiger partial charge in [0.25, 0.3) is 0 Å². The average Bonchev–Trinajstić information content (AvgIpc) is 2.85. The zero-order chi connectivity index (χ0) is 24.2. The topological polar surface area (TPSA) is 147 Å². The fourth-order valence-electron chi connectivity index (χ4n) is 4.01. The van der Waals surface area contributed by atoms with E-state index in [1.807, 2.05) is 12.1 Å². The van der Waals surface area contributed by atoms with Crippen molar-refractivity contribution in [3.8, 4) is 23.0 Å². The lowest BCUT2D eigenvalue weighted by atomic mass is 10.0. The van der Waals surface area contributed by atoms with Crippen LogP contribution in [0.3, 0.4) is 0 Å². The molecule has 10 heteroatoms. The molecule has 10 nitrogen and oxygen atoms in total. The Morgan fingerprint density at radius 3 is 2.59 bits per heavy atom. The Bertz CT molecular complexity index is 967. The maximum atomic E-state index is 10.2. The van der Waals surface area contributed by atoms with Gasteiger partial charge in [-0.05, 0) is 42.7 Å². The predicted octanol–water partition coefficient (Wildman–Crippen LogP) is 0.662. The first-order valence-corrected chi connectivity index (χ1v) is 11.1. The molecule has 0 bridgehead atoms. The van der Waals surface area contributed by atoms with Crippen molar-refractivity contribution in [1.82, 2.24) is 0 Å². The molecule has 1 fully saturated rings. The van der Waals surface area contributed by atoms with Crippen molar-refractivity contribution in [2.75, 3.05) is 26.9 Å². The molecule has 2 aliphatic heterocycles. The van der Waals surface area contributed by atoms with E-state index in [1.54, 1.807) is 18.2 Å². The highest BCUT2D eigenvalue weighted by Crippen LogP contribution is 2.42. The summed E-state index contributed by atoms with van der Waals surface area (Å²) in [5.74, 6) is 1.28. The molecule has 2 aliphatic rings. The van der Waals surface area contributed by atoms with Crippen LogP contribution in [0.25, 0.3) is 0 Å². The molecule has 5 N–H and O–H groups in total. The number of aliphatic hydroxyl groups is 4. The molecule has 1 saturated heterocycles. The van der Waals surface area contributed by atoms with Crippen molar-refractivity contribution < 1.29 is 49.2 Å². The average molecular weight is 478 g/mol. The van der Waals surface area contributed by atoms with E-state index < -0.39 is 36.8 Å². The van der Waals surface area contributed by atoms with E-state index in [2.05, 4.69) is 0 Å². The molecule has 2 aromatic carbocycles. The van der Waals surface area contributed by atoms with Crippen molar-refractivity contribution >= 4 is 0 Å². The van der Waals surface area contributed by atoms with Gasteiger partial charge in [-0.3, -0.25) is 0 Å². The van der Waals surface area contributed by atoms with Crippen LogP contribution in [0.4, 0.5) is 0 Å².